The summed E-state index contributed by atoms with van der Waals surface area (Å²) in [6.45, 7) is 2.19. The SMILES string of the molecule is Cc1cccc(CNS(=O)(=O)c2ccnc(NN)c2)c1. The van der Waals surface area contributed by atoms with E-state index in [-0.39, 0.29) is 11.4 Å². The Morgan fingerprint density at radius 3 is 2.75 bits per heavy atom. The summed E-state index contributed by atoms with van der Waals surface area (Å²) < 4.78 is 26.8. The molecule has 0 bridgehead atoms. The lowest BCUT2D eigenvalue weighted by Gasteiger charge is -2.08. The molecule has 0 fully saturated rings. The van der Waals surface area contributed by atoms with Gasteiger partial charge in [0.1, 0.15) is 5.82 Å². The maximum atomic E-state index is 12.2. The number of hydrogen-bond acceptors (Lipinski definition) is 5. The second kappa shape index (κ2) is 6.00. The number of sulfonamides is 1. The molecule has 0 unspecified atom stereocenters. The number of nitrogen functional groups attached to an aromatic ring is 1. The van der Waals surface area contributed by atoms with Crippen LogP contribution in [-0.2, 0) is 16.6 Å². The first-order chi connectivity index (χ1) is 9.51. The average Bonchev–Trinajstić information content (AvgIpc) is 2.45. The number of benzene rings is 1. The Hall–Kier alpha value is -1.96. The van der Waals surface area contributed by atoms with Crippen LogP contribution in [0.3, 0.4) is 0 Å². The Morgan fingerprint density at radius 1 is 1.25 bits per heavy atom. The van der Waals surface area contributed by atoms with Gasteiger partial charge in [-0.15, -0.1) is 0 Å². The lowest BCUT2D eigenvalue weighted by Crippen LogP contribution is -2.23. The van der Waals surface area contributed by atoms with Crippen LogP contribution in [0, 0.1) is 6.92 Å². The van der Waals surface area contributed by atoms with Crippen LogP contribution in [0.15, 0.2) is 47.5 Å². The summed E-state index contributed by atoms with van der Waals surface area (Å²) in [6, 6.07) is 10.4. The average molecular weight is 292 g/mol. The van der Waals surface area contributed by atoms with E-state index in [1.807, 2.05) is 31.2 Å². The zero-order chi connectivity index (χ0) is 14.6. The van der Waals surface area contributed by atoms with Gasteiger partial charge in [-0.2, -0.15) is 0 Å². The Morgan fingerprint density at radius 2 is 2.05 bits per heavy atom. The number of nitrogens with one attached hydrogen (secondary N) is 2. The van der Waals surface area contributed by atoms with E-state index >= 15 is 0 Å². The van der Waals surface area contributed by atoms with Gasteiger partial charge in [0, 0.05) is 18.8 Å². The van der Waals surface area contributed by atoms with E-state index in [9.17, 15) is 8.42 Å². The predicted octanol–water partition coefficient (Wildman–Crippen LogP) is 1.15. The van der Waals surface area contributed by atoms with E-state index in [1.165, 1.54) is 18.3 Å². The van der Waals surface area contributed by atoms with Crippen molar-refractivity contribution in [2.24, 2.45) is 5.84 Å². The van der Waals surface area contributed by atoms with Crippen LogP contribution in [0.1, 0.15) is 11.1 Å². The molecule has 0 spiro atoms. The summed E-state index contributed by atoms with van der Waals surface area (Å²) in [5.41, 5.74) is 4.30. The quantitative estimate of drug-likeness (QED) is 0.567. The number of nitrogens with two attached hydrogens (primary N) is 1. The standard InChI is InChI=1S/C13H16N4O2S/c1-10-3-2-4-11(7-10)9-16-20(18,19)12-5-6-15-13(8-12)17-14/h2-8,16H,9,14H2,1H3,(H,15,17). The van der Waals surface area contributed by atoms with Crippen LogP contribution in [0.2, 0.25) is 0 Å². The number of aromatic nitrogens is 1. The molecular weight excluding hydrogens is 276 g/mol. The number of rotatable bonds is 5. The van der Waals surface area contributed by atoms with Gasteiger partial charge in [0.05, 0.1) is 4.90 Å². The van der Waals surface area contributed by atoms with Gasteiger partial charge in [0.15, 0.2) is 0 Å². The molecule has 6 nitrogen and oxygen atoms in total. The molecule has 4 N–H and O–H groups in total. The van der Waals surface area contributed by atoms with Crippen LogP contribution in [0.25, 0.3) is 0 Å². The van der Waals surface area contributed by atoms with Crippen molar-refractivity contribution in [1.82, 2.24) is 9.71 Å². The summed E-state index contributed by atoms with van der Waals surface area (Å²) in [7, 11) is -3.59. The molecule has 0 aliphatic heterocycles. The molecule has 7 heteroatoms. The molecule has 0 radical (unpaired) electrons. The van der Waals surface area contributed by atoms with Crippen LogP contribution in [0.4, 0.5) is 5.82 Å². The molecule has 1 heterocycles. The fraction of sp³-hybridized carbons (Fsp3) is 0.154. The van der Waals surface area contributed by atoms with Gasteiger partial charge >= 0.3 is 0 Å². The Labute approximate surface area is 118 Å². The Bertz CT molecular complexity index is 701. The molecule has 0 atom stereocenters. The van der Waals surface area contributed by atoms with Crippen molar-refractivity contribution < 1.29 is 8.42 Å². The van der Waals surface area contributed by atoms with Gasteiger partial charge in [-0.1, -0.05) is 29.8 Å². The van der Waals surface area contributed by atoms with Gasteiger partial charge in [0.25, 0.3) is 0 Å². The summed E-state index contributed by atoms with van der Waals surface area (Å²) in [4.78, 5) is 3.99. The molecule has 20 heavy (non-hydrogen) atoms. The highest BCUT2D eigenvalue weighted by molar-refractivity contribution is 7.89. The highest BCUT2D eigenvalue weighted by Crippen LogP contribution is 2.12. The number of aryl methyl sites for hydroxylation is 1. The number of anilines is 1. The first-order valence-electron chi connectivity index (χ1n) is 5.99. The molecule has 2 aromatic rings. The first kappa shape index (κ1) is 14.4. The molecule has 0 aliphatic carbocycles. The molecule has 0 amide bonds. The van der Waals surface area contributed by atoms with E-state index in [0.29, 0.717) is 5.82 Å². The van der Waals surface area contributed by atoms with Gasteiger partial charge in [-0.25, -0.2) is 24.0 Å². The summed E-state index contributed by atoms with van der Waals surface area (Å²) in [5.74, 6) is 5.51. The van der Waals surface area contributed by atoms with Crippen LogP contribution in [0.5, 0.6) is 0 Å². The minimum absolute atomic E-state index is 0.119. The van der Waals surface area contributed by atoms with Crippen molar-refractivity contribution >= 4 is 15.8 Å². The van der Waals surface area contributed by atoms with Gasteiger partial charge in [-0.3, -0.25) is 0 Å². The molecule has 1 aromatic heterocycles. The number of nitrogens with zero attached hydrogens (tertiary/aromatic N) is 1. The third kappa shape index (κ3) is 3.53. The summed E-state index contributed by atoms with van der Waals surface area (Å²) >= 11 is 0. The van der Waals surface area contributed by atoms with Crippen molar-refractivity contribution in [3.8, 4) is 0 Å². The topological polar surface area (TPSA) is 97.1 Å². The van der Waals surface area contributed by atoms with Crippen LogP contribution >= 0.6 is 0 Å². The lowest BCUT2D eigenvalue weighted by atomic mass is 10.1. The molecule has 1 aromatic carbocycles. The van der Waals surface area contributed by atoms with Crippen LogP contribution < -0.4 is 16.0 Å². The van der Waals surface area contributed by atoms with E-state index < -0.39 is 10.0 Å². The van der Waals surface area contributed by atoms with E-state index in [0.717, 1.165) is 11.1 Å². The zero-order valence-electron chi connectivity index (χ0n) is 11.0. The van der Waals surface area contributed by atoms with Crippen molar-refractivity contribution in [2.45, 2.75) is 18.4 Å². The monoisotopic (exact) mass is 292 g/mol. The first-order valence-corrected chi connectivity index (χ1v) is 7.47. The molecule has 2 rings (SSSR count). The van der Waals surface area contributed by atoms with Crippen molar-refractivity contribution in [2.75, 3.05) is 5.43 Å². The normalized spacial score (nSPS) is 11.3. The summed E-state index contributed by atoms with van der Waals surface area (Å²) in [6.07, 6.45) is 1.39. The highest BCUT2D eigenvalue weighted by Gasteiger charge is 2.14. The van der Waals surface area contributed by atoms with Crippen molar-refractivity contribution in [1.29, 1.82) is 0 Å². The van der Waals surface area contributed by atoms with Gasteiger partial charge in [0.2, 0.25) is 10.0 Å². The number of hydrazine groups is 1. The molecule has 0 saturated carbocycles. The number of hydrogen-bond donors (Lipinski definition) is 3. The lowest BCUT2D eigenvalue weighted by molar-refractivity contribution is 0.581. The Kier molecular flexibility index (Phi) is 4.33. The second-order valence-electron chi connectivity index (χ2n) is 4.33. The third-order valence-corrected chi connectivity index (χ3v) is 4.14. The molecular formula is C13H16N4O2S. The summed E-state index contributed by atoms with van der Waals surface area (Å²) in [5, 5.41) is 0. The van der Waals surface area contributed by atoms with E-state index in [2.05, 4.69) is 15.1 Å². The third-order valence-electron chi connectivity index (χ3n) is 2.74. The second-order valence-corrected chi connectivity index (χ2v) is 6.10. The van der Waals surface area contributed by atoms with Gasteiger partial charge < -0.3 is 5.43 Å². The minimum atomic E-state index is -3.59. The predicted molar refractivity (Wildman–Crippen MR) is 77.3 cm³/mol. The van der Waals surface area contributed by atoms with Gasteiger partial charge in [-0.05, 0) is 18.6 Å². The Balaban J connectivity index is 2.15. The van der Waals surface area contributed by atoms with Crippen molar-refractivity contribution in [3.63, 3.8) is 0 Å². The van der Waals surface area contributed by atoms with Crippen molar-refractivity contribution in [3.05, 3.63) is 53.7 Å². The highest BCUT2D eigenvalue weighted by atomic mass is 32.2. The fourth-order valence-corrected chi connectivity index (χ4v) is 2.77. The maximum Gasteiger partial charge on any atom is 0.241 e. The van der Waals surface area contributed by atoms with E-state index in [1.54, 1.807) is 0 Å². The smallest absolute Gasteiger partial charge is 0.241 e. The minimum Gasteiger partial charge on any atom is -0.308 e. The molecule has 106 valence electrons. The zero-order valence-corrected chi connectivity index (χ0v) is 11.8. The maximum absolute atomic E-state index is 12.2. The molecule has 0 saturated heterocycles. The fourth-order valence-electron chi connectivity index (χ4n) is 1.74. The molecule has 0 aliphatic rings. The van der Waals surface area contributed by atoms with Crippen LogP contribution in [-0.4, -0.2) is 13.4 Å². The number of pyridine rings is 1. The van der Waals surface area contributed by atoms with E-state index in [4.69, 9.17) is 5.84 Å². The largest absolute Gasteiger partial charge is 0.308 e.